The van der Waals surface area contributed by atoms with Gasteiger partial charge in [-0.3, -0.25) is 4.79 Å². The Bertz CT molecular complexity index is 696. The Morgan fingerprint density at radius 3 is 2.42 bits per heavy atom. The first-order chi connectivity index (χ1) is 12.3. The van der Waals surface area contributed by atoms with Crippen molar-refractivity contribution in [3.05, 3.63) is 29.8 Å². The lowest BCUT2D eigenvalue weighted by atomic mass is 9.79. The van der Waals surface area contributed by atoms with E-state index in [1.165, 1.54) is 12.1 Å². The van der Waals surface area contributed by atoms with Crippen LogP contribution in [0.2, 0.25) is 0 Å². The number of hydrogen-bond donors (Lipinski definition) is 2. The van der Waals surface area contributed by atoms with Crippen molar-refractivity contribution in [1.82, 2.24) is 10.6 Å². The van der Waals surface area contributed by atoms with E-state index >= 15 is 0 Å². The second-order valence-corrected chi connectivity index (χ2v) is 8.50. The molecule has 0 saturated carbocycles. The van der Waals surface area contributed by atoms with Gasteiger partial charge in [0.2, 0.25) is 15.7 Å². The van der Waals surface area contributed by atoms with Crippen LogP contribution in [-0.2, 0) is 25.8 Å². The highest BCUT2D eigenvalue weighted by Gasteiger charge is 2.32. The van der Waals surface area contributed by atoms with Gasteiger partial charge in [-0.15, -0.1) is 0 Å². The average Bonchev–Trinajstić information content (AvgIpc) is 2.61. The first-order valence-corrected chi connectivity index (χ1v) is 9.91. The quantitative estimate of drug-likeness (QED) is 0.700. The molecule has 1 aromatic carbocycles. The third-order valence-corrected chi connectivity index (χ3v) is 6.02. The number of hydrogen-bond acceptors (Lipinski definition) is 5. The van der Waals surface area contributed by atoms with Gasteiger partial charge in [0.25, 0.3) is 0 Å². The summed E-state index contributed by atoms with van der Waals surface area (Å²) >= 11 is 0. The number of methoxy groups -OCH3 is 1. The van der Waals surface area contributed by atoms with Gasteiger partial charge >= 0.3 is 5.76 Å². The summed E-state index contributed by atoms with van der Waals surface area (Å²) < 4.78 is 53.1. The molecule has 6 nitrogen and oxygen atoms in total. The highest BCUT2D eigenvalue weighted by atomic mass is 32.2. The van der Waals surface area contributed by atoms with Crippen LogP contribution in [0.15, 0.2) is 29.2 Å². The van der Waals surface area contributed by atoms with E-state index in [4.69, 9.17) is 4.74 Å². The lowest BCUT2D eigenvalue weighted by Gasteiger charge is -2.37. The van der Waals surface area contributed by atoms with Crippen molar-refractivity contribution >= 4 is 15.7 Å². The Balaban J connectivity index is 1.93. The molecule has 0 aliphatic carbocycles. The summed E-state index contributed by atoms with van der Waals surface area (Å²) in [6, 6.07) is 4.96. The maximum absolute atomic E-state index is 12.5. The van der Waals surface area contributed by atoms with Crippen molar-refractivity contribution in [2.45, 2.75) is 29.9 Å². The predicted molar refractivity (Wildman–Crippen MR) is 92.8 cm³/mol. The Kier molecular flexibility index (Phi) is 7.08. The number of carbonyl (C=O) groups is 1. The molecule has 1 heterocycles. The molecule has 1 saturated heterocycles. The maximum atomic E-state index is 12.5. The number of alkyl halides is 2. The molecule has 1 fully saturated rings. The van der Waals surface area contributed by atoms with Gasteiger partial charge in [-0.2, -0.15) is 8.78 Å². The van der Waals surface area contributed by atoms with Crippen LogP contribution >= 0.6 is 0 Å². The third kappa shape index (κ3) is 5.21. The molecule has 2 rings (SSSR count). The molecule has 1 aromatic rings. The van der Waals surface area contributed by atoms with Gasteiger partial charge in [-0.05, 0) is 43.6 Å². The van der Waals surface area contributed by atoms with Gasteiger partial charge in [0.05, 0.1) is 17.9 Å². The molecule has 1 aliphatic heterocycles. The minimum atomic E-state index is -4.62. The topological polar surface area (TPSA) is 84.5 Å². The molecule has 1 aliphatic rings. The van der Waals surface area contributed by atoms with E-state index in [1.807, 2.05) is 0 Å². The number of rotatable bonds is 8. The number of benzene rings is 1. The zero-order valence-corrected chi connectivity index (χ0v) is 15.5. The number of piperidine rings is 1. The van der Waals surface area contributed by atoms with E-state index in [9.17, 15) is 22.0 Å². The molecule has 9 heteroatoms. The van der Waals surface area contributed by atoms with Crippen LogP contribution in [0.1, 0.15) is 18.4 Å². The number of sulfone groups is 1. The van der Waals surface area contributed by atoms with E-state index < -0.39 is 20.5 Å². The van der Waals surface area contributed by atoms with Crippen LogP contribution in [0.5, 0.6) is 0 Å². The van der Waals surface area contributed by atoms with Crippen molar-refractivity contribution in [1.29, 1.82) is 0 Å². The van der Waals surface area contributed by atoms with Crippen molar-refractivity contribution in [3.8, 4) is 0 Å². The van der Waals surface area contributed by atoms with Gasteiger partial charge in [0, 0.05) is 19.1 Å². The molecule has 26 heavy (non-hydrogen) atoms. The van der Waals surface area contributed by atoms with Crippen LogP contribution in [0.4, 0.5) is 8.78 Å². The summed E-state index contributed by atoms with van der Waals surface area (Å²) in [5.41, 5.74) is 0.465. The Morgan fingerprint density at radius 1 is 1.27 bits per heavy atom. The summed E-state index contributed by atoms with van der Waals surface area (Å²) in [4.78, 5) is 11.7. The summed E-state index contributed by atoms with van der Waals surface area (Å²) in [6.45, 7) is 2.81. The summed E-state index contributed by atoms with van der Waals surface area (Å²) in [7, 11) is -2.98. The molecule has 0 aromatic heterocycles. The lowest BCUT2D eigenvalue weighted by molar-refractivity contribution is -0.121. The average molecular weight is 390 g/mol. The standard InChI is InChI=1S/C17H24F2N2O4S/c1-25-12-17(6-8-20-9-7-17)11-21-15(22)10-13-2-4-14(5-3-13)26(23,24)16(18)19/h2-5,16,20H,6-12H2,1H3,(H,21,22). The van der Waals surface area contributed by atoms with Crippen molar-refractivity contribution in [2.24, 2.45) is 5.41 Å². The fraction of sp³-hybridized carbons (Fsp3) is 0.588. The summed E-state index contributed by atoms with van der Waals surface area (Å²) in [6.07, 6.45) is 1.86. The van der Waals surface area contributed by atoms with Gasteiger partial charge < -0.3 is 15.4 Å². The molecule has 0 spiro atoms. The number of amides is 1. The highest BCUT2D eigenvalue weighted by Crippen LogP contribution is 2.28. The normalized spacial score (nSPS) is 17.2. The molecule has 0 bridgehead atoms. The number of nitrogens with one attached hydrogen (secondary N) is 2. The van der Waals surface area contributed by atoms with E-state index in [-0.39, 0.29) is 17.7 Å². The fourth-order valence-electron chi connectivity index (χ4n) is 3.07. The zero-order valence-electron chi connectivity index (χ0n) is 14.6. The van der Waals surface area contributed by atoms with Crippen LogP contribution in [-0.4, -0.2) is 53.4 Å². The Hall–Kier alpha value is -1.58. The Morgan fingerprint density at radius 2 is 1.88 bits per heavy atom. The fourth-order valence-corrected chi connectivity index (χ4v) is 3.79. The van der Waals surface area contributed by atoms with Crippen molar-refractivity contribution < 1.29 is 26.7 Å². The van der Waals surface area contributed by atoms with Gasteiger partial charge in [-0.25, -0.2) is 8.42 Å². The maximum Gasteiger partial charge on any atom is 0.341 e. The molecule has 1 amide bonds. The first-order valence-electron chi connectivity index (χ1n) is 8.36. The number of ether oxygens (including phenoxy) is 1. The van der Waals surface area contributed by atoms with Crippen LogP contribution in [0.25, 0.3) is 0 Å². The van der Waals surface area contributed by atoms with Gasteiger partial charge in [-0.1, -0.05) is 12.1 Å². The molecule has 146 valence electrons. The van der Waals surface area contributed by atoms with Crippen LogP contribution in [0.3, 0.4) is 0 Å². The SMILES string of the molecule is COCC1(CNC(=O)Cc2ccc(S(=O)(=O)C(F)F)cc2)CCNCC1. The third-order valence-electron chi connectivity index (χ3n) is 4.63. The largest absolute Gasteiger partial charge is 0.384 e. The molecular formula is C17H24F2N2O4S. The first kappa shape index (κ1) is 20.7. The second kappa shape index (κ2) is 8.88. The number of carbonyl (C=O) groups excluding carboxylic acids is 1. The predicted octanol–water partition coefficient (Wildman–Crippen LogP) is 1.36. The smallest absolute Gasteiger partial charge is 0.341 e. The van der Waals surface area contributed by atoms with E-state index in [0.717, 1.165) is 38.1 Å². The molecule has 2 N–H and O–H groups in total. The molecule has 0 radical (unpaired) electrons. The number of halogens is 2. The van der Waals surface area contributed by atoms with Gasteiger partial charge in [0.1, 0.15) is 0 Å². The van der Waals surface area contributed by atoms with Crippen molar-refractivity contribution in [2.75, 3.05) is 33.4 Å². The van der Waals surface area contributed by atoms with Gasteiger partial charge in [0.15, 0.2) is 0 Å². The molecule has 0 atom stereocenters. The highest BCUT2D eigenvalue weighted by molar-refractivity contribution is 7.91. The summed E-state index contributed by atoms with van der Waals surface area (Å²) in [5.74, 6) is -3.66. The Labute approximate surface area is 152 Å². The van der Waals surface area contributed by atoms with Crippen LogP contribution < -0.4 is 10.6 Å². The van der Waals surface area contributed by atoms with Crippen molar-refractivity contribution in [3.63, 3.8) is 0 Å². The molecule has 0 unspecified atom stereocenters. The minimum absolute atomic E-state index is 0.0519. The molecular weight excluding hydrogens is 366 g/mol. The van der Waals surface area contributed by atoms with Crippen LogP contribution in [0, 0.1) is 5.41 Å². The van der Waals surface area contributed by atoms with E-state index in [2.05, 4.69) is 10.6 Å². The van der Waals surface area contributed by atoms with E-state index in [0.29, 0.717) is 18.7 Å². The second-order valence-electron chi connectivity index (χ2n) is 6.59. The monoisotopic (exact) mass is 390 g/mol. The lowest BCUT2D eigenvalue weighted by Crippen LogP contribution is -2.47. The summed E-state index contributed by atoms with van der Waals surface area (Å²) in [5, 5.41) is 6.18. The zero-order chi connectivity index (χ0) is 19.2. The van der Waals surface area contributed by atoms with E-state index in [1.54, 1.807) is 7.11 Å². The minimum Gasteiger partial charge on any atom is -0.384 e.